The molecule has 0 saturated heterocycles. The van der Waals surface area contributed by atoms with Gasteiger partial charge in [-0.15, -0.1) is 0 Å². The van der Waals surface area contributed by atoms with E-state index in [-0.39, 0.29) is 0 Å². The van der Waals surface area contributed by atoms with Crippen LogP contribution in [0.25, 0.3) is 0 Å². The highest BCUT2D eigenvalue weighted by atomic mass is 32.1. The molecule has 0 aliphatic heterocycles. The zero-order valence-electron chi connectivity index (χ0n) is 12.8. The highest BCUT2D eigenvalue weighted by Crippen LogP contribution is 2.05. The lowest BCUT2D eigenvalue weighted by Crippen LogP contribution is -1.78. The number of rotatable bonds is 12. The first-order chi connectivity index (χ1) is 8.83. The van der Waals surface area contributed by atoms with Crippen molar-refractivity contribution in [1.82, 2.24) is 0 Å². The van der Waals surface area contributed by atoms with Crippen LogP contribution in [-0.4, -0.2) is 11.5 Å². The molecule has 0 fully saturated rings. The maximum Gasteiger partial charge on any atom is -0.00979 e. The topological polar surface area (TPSA) is 0 Å². The van der Waals surface area contributed by atoms with Crippen LogP contribution in [0.2, 0.25) is 0 Å². The average Bonchev–Trinajstić information content (AvgIpc) is 2.39. The van der Waals surface area contributed by atoms with Gasteiger partial charge in [0.05, 0.1) is 0 Å². The van der Waals surface area contributed by atoms with E-state index in [4.69, 9.17) is 0 Å². The van der Waals surface area contributed by atoms with E-state index < -0.39 is 0 Å². The zero-order valence-corrected chi connectivity index (χ0v) is 14.6. The van der Waals surface area contributed by atoms with Gasteiger partial charge in [-0.3, -0.25) is 0 Å². The van der Waals surface area contributed by atoms with Crippen LogP contribution in [0, 0.1) is 0 Å². The van der Waals surface area contributed by atoms with E-state index in [1.807, 2.05) is 0 Å². The number of thiol groups is 2. The molecule has 0 rings (SSSR count). The number of hydrogen-bond donors (Lipinski definition) is 2. The monoisotopic (exact) mass is 292 g/mol. The molecule has 0 radical (unpaired) electrons. The van der Waals surface area contributed by atoms with E-state index in [2.05, 4.69) is 39.1 Å². The van der Waals surface area contributed by atoms with Crippen LogP contribution in [0.3, 0.4) is 0 Å². The smallest absolute Gasteiger partial charge is 0.00979 e. The summed E-state index contributed by atoms with van der Waals surface area (Å²) >= 11 is 8.29. The van der Waals surface area contributed by atoms with Crippen LogP contribution in [-0.2, 0) is 0 Å². The normalized spacial score (nSPS) is 10.0. The molecule has 18 heavy (non-hydrogen) atoms. The third-order valence-corrected chi connectivity index (χ3v) is 3.66. The molecule has 0 aliphatic rings. The Morgan fingerprint density at radius 1 is 0.444 bits per heavy atom. The van der Waals surface area contributed by atoms with Crippen molar-refractivity contribution in [3.63, 3.8) is 0 Å². The third kappa shape index (κ3) is 25.5. The Morgan fingerprint density at radius 3 is 1.00 bits per heavy atom. The average molecular weight is 293 g/mol. The Hall–Kier alpha value is 0.700. The van der Waals surface area contributed by atoms with E-state index in [1.54, 1.807) is 0 Å². The van der Waals surface area contributed by atoms with Crippen molar-refractivity contribution in [3.8, 4) is 0 Å². The summed E-state index contributed by atoms with van der Waals surface area (Å²) in [4.78, 5) is 0. The molecule has 0 unspecified atom stereocenters. The van der Waals surface area contributed by atoms with Gasteiger partial charge in [-0.25, -0.2) is 0 Å². The van der Waals surface area contributed by atoms with Crippen molar-refractivity contribution in [3.05, 3.63) is 0 Å². The van der Waals surface area contributed by atoms with Crippen LogP contribution in [0.5, 0.6) is 0 Å². The first kappa shape index (κ1) is 21.0. The van der Waals surface area contributed by atoms with Gasteiger partial charge in [-0.1, -0.05) is 78.1 Å². The summed E-state index contributed by atoms with van der Waals surface area (Å²) in [6.07, 6.45) is 16.5. The van der Waals surface area contributed by atoms with E-state index in [0.29, 0.717) is 0 Å². The maximum atomic E-state index is 4.15. The Morgan fingerprint density at radius 2 is 0.722 bits per heavy atom. The quantitative estimate of drug-likeness (QED) is 0.295. The summed E-state index contributed by atoms with van der Waals surface area (Å²) in [7, 11) is 0. The van der Waals surface area contributed by atoms with E-state index in [1.165, 1.54) is 77.0 Å². The van der Waals surface area contributed by atoms with Gasteiger partial charge in [0.1, 0.15) is 0 Å². The molecular weight excluding hydrogens is 256 g/mol. The fourth-order valence-electron chi connectivity index (χ4n) is 1.78. The second-order valence-corrected chi connectivity index (χ2v) is 5.88. The van der Waals surface area contributed by atoms with Gasteiger partial charge < -0.3 is 0 Å². The minimum absolute atomic E-state index is 1.06. The van der Waals surface area contributed by atoms with Crippen LogP contribution in [0.15, 0.2) is 0 Å². The Labute approximate surface area is 128 Å². The van der Waals surface area contributed by atoms with Crippen molar-refractivity contribution < 1.29 is 0 Å². The predicted octanol–water partition coefficient (Wildman–Crippen LogP) is 6.55. The van der Waals surface area contributed by atoms with E-state index >= 15 is 0 Å². The fraction of sp³-hybridized carbons (Fsp3) is 1.00. The SMILES string of the molecule is CCCCCCCCS.CCCCCCCCS. The van der Waals surface area contributed by atoms with E-state index in [0.717, 1.165) is 11.5 Å². The van der Waals surface area contributed by atoms with Crippen molar-refractivity contribution >= 4 is 25.3 Å². The molecule has 2 heteroatoms. The molecule has 0 nitrogen and oxygen atoms in total. The van der Waals surface area contributed by atoms with Crippen LogP contribution < -0.4 is 0 Å². The maximum absolute atomic E-state index is 4.15. The lowest BCUT2D eigenvalue weighted by Gasteiger charge is -1.95. The summed E-state index contributed by atoms with van der Waals surface area (Å²) in [5.41, 5.74) is 0. The molecule has 0 spiro atoms. The summed E-state index contributed by atoms with van der Waals surface area (Å²) in [5, 5.41) is 0. The minimum atomic E-state index is 1.06. The van der Waals surface area contributed by atoms with Crippen molar-refractivity contribution in [1.29, 1.82) is 0 Å². The van der Waals surface area contributed by atoms with Gasteiger partial charge in [0.25, 0.3) is 0 Å². The Bertz CT molecular complexity index is 89.7. The largest absolute Gasteiger partial charge is 0.179 e. The van der Waals surface area contributed by atoms with E-state index in [9.17, 15) is 0 Å². The molecule has 0 aromatic rings. The number of unbranched alkanes of at least 4 members (excludes halogenated alkanes) is 10. The van der Waals surface area contributed by atoms with Gasteiger partial charge >= 0.3 is 0 Å². The molecule has 0 saturated carbocycles. The zero-order chi connectivity index (χ0) is 13.9. The molecule has 0 N–H and O–H groups in total. The van der Waals surface area contributed by atoms with Gasteiger partial charge in [0, 0.05) is 0 Å². The lowest BCUT2D eigenvalue weighted by atomic mass is 10.1. The summed E-state index contributed by atoms with van der Waals surface area (Å²) < 4.78 is 0. The standard InChI is InChI=1S/2C8H18S/c2*1-2-3-4-5-6-7-8-9/h2*9H,2-8H2,1H3. The summed E-state index contributed by atoms with van der Waals surface area (Å²) in [6.45, 7) is 4.50. The van der Waals surface area contributed by atoms with Crippen LogP contribution in [0.1, 0.15) is 90.9 Å². The molecule has 112 valence electrons. The van der Waals surface area contributed by atoms with Crippen molar-refractivity contribution in [2.24, 2.45) is 0 Å². The Kier molecular flexibility index (Phi) is 26.7. The Balaban J connectivity index is 0. The van der Waals surface area contributed by atoms with Crippen LogP contribution >= 0.6 is 25.3 Å². The fourth-order valence-corrected chi connectivity index (χ4v) is 2.23. The minimum Gasteiger partial charge on any atom is -0.179 e. The molecule has 0 aromatic carbocycles. The highest BCUT2D eigenvalue weighted by molar-refractivity contribution is 7.80. The molecule has 0 atom stereocenters. The lowest BCUT2D eigenvalue weighted by molar-refractivity contribution is 0.627. The van der Waals surface area contributed by atoms with Crippen molar-refractivity contribution in [2.75, 3.05) is 11.5 Å². The predicted molar refractivity (Wildman–Crippen MR) is 94.5 cm³/mol. The third-order valence-electron chi connectivity index (χ3n) is 3.02. The molecule has 0 heterocycles. The summed E-state index contributed by atoms with van der Waals surface area (Å²) in [6, 6.07) is 0. The van der Waals surface area contributed by atoms with Gasteiger partial charge in [0.15, 0.2) is 0 Å². The van der Waals surface area contributed by atoms with Gasteiger partial charge in [-0.2, -0.15) is 25.3 Å². The second-order valence-electron chi connectivity index (χ2n) is 4.98. The van der Waals surface area contributed by atoms with Crippen LogP contribution in [0.4, 0.5) is 0 Å². The molecule has 0 aliphatic carbocycles. The van der Waals surface area contributed by atoms with Gasteiger partial charge in [-0.05, 0) is 24.3 Å². The first-order valence-corrected chi connectivity index (χ1v) is 9.31. The second kappa shape index (κ2) is 22.8. The van der Waals surface area contributed by atoms with Gasteiger partial charge in [0.2, 0.25) is 0 Å². The molecule has 0 aromatic heterocycles. The van der Waals surface area contributed by atoms with Crippen molar-refractivity contribution in [2.45, 2.75) is 90.9 Å². The molecular formula is C16H36S2. The molecule has 0 amide bonds. The number of hydrogen-bond acceptors (Lipinski definition) is 2. The summed E-state index contributed by atoms with van der Waals surface area (Å²) in [5.74, 6) is 2.12. The first-order valence-electron chi connectivity index (χ1n) is 8.05. The highest BCUT2D eigenvalue weighted by Gasteiger charge is 1.86. The molecule has 0 bridgehead atoms.